The van der Waals surface area contributed by atoms with Crippen LogP contribution < -0.4 is 5.73 Å². The molecule has 4 rings (SSSR count). The number of aromatic nitrogens is 3. The maximum atomic E-state index is 14.1. The Balaban J connectivity index is 1.73. The van der Waals surface area contributed by atoms with Crippen LogP contribution in [0.5, 0.6) is 0 Å². The number of hydrogen-bond acceptors (Lipinski definition) is 7. The van der Waals surface area contributed by atoms with Crippen LogP contribution in [0, 0.1) is 17.5 Å². The number of hydrogen-bond donors (Lipinski definition) is 4. The molecule has 1 aromatic carbocycles. The van der Waals surface area contributed by atoms with Crippen LogP contribution in [0.4, 0.5) is 19.0 Å². The van der Waals surface area contributed by atoms with Crippen molar-refractivity contribution in [2.45, 2.75) is 37.1 Å². The number of benzene rings is 1. The van der Waals surface area contributed by atoms with E-state index in [0.29, 0.717) is 17.1 Å². The average molecular weight is 410 g/mol. The van der Waals surface area contributed by atoms with Crippen molar-refractivity contribution in [3.63, 3.8) is 0 Å². The molecule has 29 heavy (non-hydrogen) atoms. The number of aliphatic hydroxyl groups excluding tert-OH is 2. The molecule has 5 atom stereocenters. The zero-order valence-corrected chi connectivity index (χ0v) is 15.0. The van der Waals surface area contributed by atoms with Gasteiger partial charge in [-0.3, -0.25) is 0 Å². The van der Waals surface area contributed by atoms with Gasteiger partial charge in [-0.2, -0.15) is 0 Å². The van der Waals surface area contributed by atoms with Gasteiger partial charge >= 0.3 is 0 Å². The average Bonchev–Trinajstić information content (AvgIpc) is 3.20. The molecule has 0 spiro atoms. The summed E-state index contributed by atoms with van der Waals surface area (Å²) in [6, 6.07) is 3.07. The molecule has 1 aliphatic heterocycles. The van der Waals surface area contributed by atoms with Gasteiger partial charge in [0.05, 0.1) is 5.39 Å². The normalized spacial score (nSPS) is 28.2. The van der Waals surface area contributed by atoms with Gasteiger partial charge in [0.1, 0.15) is 41.7 Å². The first-order valence-electron chi connectivity index (χ1n) is 8.59. The maximum absolute atomic E-state index is 14.1. The second-order valence-electron chi connectivity index (χ2n) is 7.05. The van der Waals surface area contributed by atoms with Crippen LogP contribution in [0.15, 0.2) is 30.7 Å². The van der Waals surface area contributed by atoms with Gasteiger partial charge in [0.2, 0.25) is 0 Å². The van der Waals surface area contributed by atoms with Crippen molar-refractivity contribution >= 4 is 16.9 Å². The van der Waals surface area contributed by atoms with Crippen molar-refractivity contribution < 1.29 is 33.2 Å². The van der Waals surface area contributed by atoms with Gasteiger partial charge in [-0.25, -0.2) is 23.1 Å². The predicted molar refractivity (Wildman–Crippen MR) is 93.8 cm³/mol. The highest BCUT2D eigenvalue weighted by molar-refractivity contribution is 5.86. The lowest BCUT2D eigenvalue weighted by atomic mass is 9.88. The molecule has 1 saturated heterocycles. The van der Waals surface area contributed by atoms with E-state index in [-0.39, 0.29) is 5.82 Å². The van der Waals surface area contributed by atoms with Crippen LogP contribution >= 0.6 is 0 Å². The van der Waals surface area contributed by atoms with Crippen LogP contribution in [0.1, 0.15) is 24.8 Å². The molecule has 3 heterocycles. The lowest BCUT2D eigenvalue weighted by molar-refractivity contribution is -0.115. The molecule has 0 unspecified atom stereocenters. The van der Waals surface area contributed by atoms with Gasteiger partial charge in [-0.05, 0) is 19.1 Å². The summed E-state index contributed by atoms with van der Waals surface area (Å²) in [6.45, 7) is 1.18. The summed E-state index contributed by atoms with van der Waals surface area (Å²) >= 11 is 0. The van der Waals surface area contributed by atoms with Gasteiger partial charge in [-0.15, -0.1) is 0 Å². The van der Waals surface area contributed by atoms with E-state index in [9.17, 15) is 28.5 Å². The molecule has 11 heteroatoms. The Morgan fingerprint density at radius 3 is 2.66 bits per heavy atom. The molecule has 0 saturated carbocycles. The van der Waals surface area contributed by atoms with Crippen molar-refractivity contribution in [1.29, 1.82) is 0 Å². The maximum Gasteiger partial charge on any atom is 0.194 e. The minimum atomic E-state index is -2.07. The fourth-order valence-electron chi connectivity index (χ4n) is 3.56. The molecule has 154 valence electrons. The lowest BCUT2D eigenvalue weighted by Crippen LogP contribution is -2.47. The van der Waals surface area contributed by atoms with Crippen molar-refractivity contribution in [3.05, 3.63) is 53.7 Å². The molecule has 3 aromatic rings. The Hall–Kier alpha value is -2.73. The third-order valence-corrected chi connectivity index (χ3v) is 5.22. The summed E-state index contributed by atoms with van der Waals surface area (Å²) in [4.78, 5) is 7.93. The Morgan fingerprint density at radius 1 is 1.21 bits per heavy atom. The van der Waals surface area contributed by atoms with Crippen LogP contribution in [0.25, 0.3) is 11.0 Å². The molecule has 1 fully saturated rings. The molecule has 5 N–H and O–H groups in total. The van der Waals surface area contributed by atoms with E-state index in [4.69, 9.17) is 10.5 Å². The summed E-state index contributed by atoms with van der Waals surface area (Å²) in [5.74, 6) is -4.61. The molecule has 1 aliphatic rings. The third kappa shape index (κ3) is 2.85. The summed E-state index contributed by atoms with van der Waals surface area (Å²) in [6.07, 6.45) is -3.59. The van der Waals surface area contributed by atoms with Crippen molar-refractivity contribution in [2.24, 2.45) is 0 Å². The number of nitrogens with zero attached hydrogens (tertiary/aromatic N) is 3. The number of ether oxygens (including phenoxy) is 1. The van der Waals surface area contributed by atoms with E-state index in [2.05, 4.69) is 9.97 Å². The van der Waals surface area contributed by atoms with Gasteiger partial charge < -0.3 is 30.4 Å². The number of fused-ring (bicyclic) bond motifs is 1. The SMILES string of the molecule is C[C@@]1(O)[C@@H]([C@H](O)c2ccc(F)c(F)c2F)O[C@@H](n2ccc3c(N)ncnc32)[C@@H]1O. The van der Waals surface area contributed by atoms with Crippen LogP contribution in [0.3, 0.4) is 0 Å². The highest BCUT2D eigenvalue weighted by atomic mass is 19.2. The van der Waals surface area contributed by atoms with Crippen LogP contribution in [0.2, 0.25) is 0 Å². The predicted octanol–water partition coefficient (Wildman–Crippen LogP) is 1.17. The van der Waals surface area contributed by atoms with Gasteiger partial charge in [0.25, 0.3) is 0 Å². The highest BCUT2D eigenvalue weighted by Gasteiger charge is 2.56. The standard InChI is InChI=1S/C18H17F3N4O4/c1-18(28)13(27)17(25-5-4-8-15(22)23-6-24-16(8)25)29-14(18)12(26)7-2-3-9(19)11(21)10(7)20/h2-6,12-14,17,26-28H,1H3,(H2,22,23,24)/t12-,13+,14-,17-,18+/m1/s1. The Bertz CT molecular complexity index is 1090. The molecule has 0 radical (unpaired) electrons. The van der Waals surface area contributed by atoms with Gasteiger partial charge in [0, 0.05) is 11.8 Å². The first kappa shape index (κ1) is 19.6. The van der Waals surface area contributed by atoms with Crippen LogP contribution in [-0.2, 0) is 4.74 Å². The number of nitrogens with two attached hydrogens (primary N) is 1. The lowest BCUT2D eigenvalue weighted by Gasteiger charge is -2.29. The topological polar surface area (TPSA) is 127 Å². The van der Waals surface area contributed by atoms with Crippen molar-refractivity contribution in [1.82, 2.24) is 14.5 Å². The van der Waals surface area contributed by atoms with Gasteiger partial charge in [0.15, 0.2) is 23.7 Å². The second kappa shape index (κ2) is 6.66. The molecular formula is C18H17F3N4O4. The summed E-state index contributed by atoms with van der Waals surface area (Å²) in [5, 5.41) is 32.4. The summed E-state index contributed by atoms with van der Waals surface area (Å²) < 4.78 is 47.9. The van der Waals surface area contributed by atoms with E-state index in [1.165, 1.54) is 24.0 Å². The van der Waals surface area contributed by atoms with Crippen molar-refractivity contribution in [2.75, 3.05) is 5.73 Å². The smallest absolute Gasteiger partial charge is 0.194 e. The third-order valence-electron chi connectivity index (χ3n) is 5.22. The number of anilines is 1. The van der Waals surface area contributed by atoms with E-state index in [1.54, 1.807) is 6.07 Å². The zero-order chi connectivity index (χ0) is 21.1. The largest absolute Gasteiger partial charge is 0.385 e. The van der Waals surface area contributed by atoms with Gasteiger partial charge in [-0.1, -0.05) is 6.07 Å². The van der Waals surface area contributed by atoms with Crippen molar-refractivity contribution in [3.8, 4) is 0 Å². The fourth-order valence-corrected chi connectivity index (χ4v) is 3.56. The summed E-state index contributed by atoms with van der Waals surface area (Å²) in [5.41, 5.74) is 3.39. The minimum Gasteiger partial charge on any atom is -0.385 e. The molecule has 0 bridgehead atoms. The molecular weight excluding hydrogens is 393 g/mol. The Kier molecular flexibility index (Phi) is 4.50. The monoisotopic (exact) mass is 410 g/mol. The number of aliphatic hydroxyl groups is 3. The van der Waals surface area contributed by atoms with E-state index < -0.39 is 53.2 Å². The highest BCUT2D eigenvalue weighted by Crippen LogP contribution is 2.44. The quantitative estimate of drug-likeness (QED) is 0.478. The van der Waals surface area contributed by atoms with E-state index in [1.807, 2.05) is 0 Å². The summed E-state index contributed by atoms with van der Waals surface area (Å²) in [7, 11) is 0. The molecule has 0 amide bonds. The molecule has 2 aromatic heterocycles. The van der Waals surface area contributed by atoms with Crippen LogP contribution in [-0.4, -0.2) is 47.7 Å². The fraction of sp³-hybridized carbons (Fsp3) is 0.333. The molecule has 0 aliphatic carbocycles. The minimum absolute atomic E-state index is 0.188. The van der Waals surface area contributed by atoms with E-state index in [0.717, 1.165) is 6.07 Å². The second-order valence-corrected chi connectivity index (χ2v) is 7.05. The first-order chi connectivity index (χ1) is 13.6. The number of rotatable bonds is 3. The Morgan fingerprint density at radius 2 is 1.93 bits per heavy atom. The zero-order valence-electron chi connectivity index (χ0n) is 15.0. The molecule has 8 nitrogen and oxygen atoms in total. The first-order valence-corrected chi connectivity index (χ1v) is 8.59. The van der Waals surface area contributed by atoms with E-state index >= 15 is 0 Å². The number of halogens is 3. The Labute approximate surface area is 162 Å². The number of nitrogen functional groups attached to an aromatic ring is 1.